The van der Waals surface area contributed by atoms with E-state index in [2.05, 4.69) is 10.1 Å². The van der Waals surface area contributed by atoms with Gasteiger partial charge in [-0.2, -0.15) is 0 Å². The fourth-order valence-corrected chi connectivity index (χ4v) is 2.36. The van der Waals surface area contributed by atoms with Crippen LogP contribution in [0.15, 0.2) is 12.1 Å². The highest BCUT2D eigenvalue weighted by atomic mass is 32.1. The van der Waals surface area contributed by atoms with Crippen molar-refractivity contribution in [1.29, 1.82) is 0 Å². The van der Waals surface area contributed by atoms with Crippen LogP contribution >= 0.6 is 11.3 Å². The normalized spacial score (nSPS) is 14.2. The molecule has 4 nitrogen and oxygen atoms in total. The van der Waals surface area contributed by atoms with Crippen molar-refractivity contribution in [3.63, 3.8) is 0 Å². The van der Waals surface area contributed by atoms with Gasteiger partial charge in [0.2, 0.25) is 0 Å². The van der Waals surface area contributed by atoms with Crippen molar-refractivity contribution in [2.75, 3.05) is 13.7 Å². The lowest BCUT2D eigenvalue weighted by Gasteiger charge is -2.26. The van der Waals surface area contributed by atoms with Crippen LogP contribution in [0.4, 0.5) is 0 Å². The smallest absolute Gasteiger partial charge is 0.310 e. The Bertz CT molecular complexity index is 385. The maximum atomic E-state index is 11.1. The monoisotopic (exact) mass is 271 g/mol. The van der Waals surface area contributed by atoms with E-state index in [1.165, 1.54) is 7.11 Å². The summed E-state index contributed by atoms with van der Waals surface area (Å²) in [6, 6.07) is 3.95. The predicted molar refractivity (Wildman–Crippen MR) is 72.7 cm³/mol. The molecule has 1 aromatic heterocycles. The number of hydrogen-bond donors (Lipinski definition) is 2. The second-order valence-electron chi connectivity index (χ2n) is 4.55. The Balaban J connectivity index is 2.51. The van der Waals surface area contributed by atoms with Gasteiger partial charge in [-0.25, -0.2) is 0 Å². The standard InChI is InChI=1S/C13H21NO3S/c1-4-13(2,9-15)14-8-11-6-5-10(18-11)7-12(16)17-3/h5-6,14-15H,4,7-9H2,1-3H3. The molecule has 1 rings (SSSR count). The van der Waals surface area contributed by atoms with Gasteiger partial charge in [-0.3, -0.25) is 4.79 Å². The van der Waals surface area contributed by atoms with Crippen LogP contribution < -0.4 is 5.32 Å². The maximum absolute atomic E-state index is 11.1. The van der Waals surface area contributed by atoms with Crippen LogP contribution in [0.2, 0.25) is 0 Å². The van der Waals surface area contributed by atoms with Crippen molar-refractivity contribution in [2.24, 2.45) is 0 Å². The van der Waals surface area contributed by atoms with Crippen molar-refractivity contribution >= 4 is 17.3 Å². The van der Waals surface area contributed by atoms with E-state index in [0.717, 1.165) is 16.2 Å². The van der Waals surface area contributed by atoms with Crippen LogP contribution in [-0.2, 0) is 22.5 Å². The number of rotatable bonds is 7. The summed E-state index contributed by atoms with van der Waals surface area (Å²) in [6.45, 7) is 4.86. The lowest BCUT2D eigenvalue weighted by atomic mass is 10.0. The largest absolute Gasteiger partial charge is 0.469 e. The second kappa shape index (κ2) is 6.87. The topological polar surface area (TPSA) is 58.6 Å². The van der Waals surface area contributed by atoms with Gasteiger partial charge in [0, 0.05) is 21.8 Å². The molecule has 0 amide bonds. The van der Waals surface area contributed by atoms with Crippen LogP contribution in [0.5, 0.6) is 0 Å². The Kier molecular flexibility index (Phi) is 5.78. The Morgan fingerprint density at radius 3 is 2.72 bits per heavy atom. The van der Waals surface area contributed by atoms with Crippen LogP contribution in [0, 0.1) is 0 Å². The van der Waals surface area contributed by atoms with Crippen molar-refractivity contribution in [2.45, 2.75) is 38.8 Å². The molecule has 0 saturated carbocycles. The molecule has 1 unspecified atom stereocenters. The molecular formula is C13H21NO3S. The number of thiophene rings is 1. The summed E-state index contributed by atoms with van der Waals surface area (Å²) in [5.41, 5.74) is -0.244. The molecule has 0 bridgehead atoms. The molecule has 102 valence electrons. The van der Waals surface area contributed by atoms with Gasteiger partial charge in [-0.05, 0) is 25.5 Å². The van der Waals surface area contributed by atoms with Gasteiger partial charge in [0.15, 0.2) is 0 Å². The number of aliphatic hydroxyl groups is 1. The number of hydrogen-bond acceptors (Lipinski definition) is 5. The fraction of sp³-hybridized carbons (Fsp3) is 0.615. The number of carbonyl (C=O) groups is 1. The Labute approximate surface area is 112 Å². The zero-order valence-corrected chi connectivity index (χ0v) is 12.0. The summed E-state index contributed by atoms with van der Waals surface area (Å²) >= 11 is 1.59. The number of methoxy groups -OCH3 is 1. The third kappa shape index (κ3) is 4.40. The summed E-state index contributed by atoms with van der Waals surface area (Å²) < 4.78 is 4.63. The predicted octanol–water partition coefficient (Wildman–Crippen LogP) is 1.71. The third-order valence-corrected chi connectivity index (χ3v) is 4.17. The maximum Gasteiger partial charge on any atom is 0.310 e. The first-order chi connectivity index (χ1) is 8.53. The molecule has 0 aliphatic carbocycles. The highest BCUT2D eigenvalue weighted by Crippen LogP contribution is 2.18. The molecule has 0 radical (unpaired) electrons. The van der Waals surface area contributed by atoms with Gasteiger partial charge in [-0.1, -0.05) is 6.92 Å². The Hall–Kier alpha value is -0.910. The highest BCUT2D eigenvalue weighted by Gasteiger charge is 2.19. The molecular weight excluding hydrogens is 250 g/mol. The number of nitrogens with one attached hydrogen (secondary N) is 1. The molecule has 18 heavy (non-hydrogen) atoms. The Morgan fingerprint density at radius 1 is 1.50 bits per heavy atom. The van der Waals surface area contributed by atoms with E-state index in [1.54, 1.807) is 11.3 Å². The van der Waals surface area contributed by atoms with E-state index < -0.39 is 0 Å². The molecule has 0 aromatic carbocycles. The summed E-state index contributed by atoms with van der Waals surface area (Å²) in [7, 11) is 1.40. The van der Waals surface area contributed by atoms with Gasteiger partial charge in [-0.15, -0.1) is 11.3 Å². The van der Waals surface area contributed by atoms with Gasteiger partial charge in [0.25, 0.3) is 0 Å². The second-order valence-corrected chi connectivity index (χ2v) is 5.80. The number of esters is 1. The van der Waals surface area contributed by atoms with Gasteiger partial charge in [0.05, 0.1) is 20.1 Å². The quantitative estimate of drug-likeness (QED) is 0.741. The highest BCUT2D eigenvalue weighted by molar-refractivity contribution is 7.12. The van der Waals surface area contributed by atoms with Gasteiger partial charge in [0.1, 0.15) is 0 Å². The van der Waals surface area contributed by atoms with Crippen LogP contribution in [0.1, 0.15) is 30.0 Å². The fourth-order valence-electron chi connectivity index (χ4n) is 1.42. The molecule has 0 aliphatic heterocycles. The summed E-state index contributed by atoms with van der Waals surface area (Å²) in [6.07, 6.45) is 1.19. The van der Waals surface area contributed by atoms with E-state index in [0.29, 0.717) is 13.0 Å². The van der Waals surface area contributed by atoms with Crippen molar-refractivity contribution < 1.29 is 14.6 Å². The number of aliphatic hydroxyl groups excluding tert-OH is 1. The first-order valence-electron chi connectivity index (χ1n) is 6.03. The Morgan fingerprint density at radius 2 is 2.17 bits per heavy atom. The van der Waals surface area contributed by atoms with Crippen LogP contribution in [0.3, 0.4) is 0 Å². The number of ether oxygens (including phenoxy) is 1. The summed E-state index contributed by atoms with van der Waals surface area (Å²) in [5.74, 6) is -0.217. The zero-order chi connectivity index (χ0) is 13.6. The molecule has 0 saturated heterocycles. The summed E-state index contributed by atoms with van der Waals surface area (Å²) in [5, 5.41) is 12.6. The lowest BCUT2D eigenvalue weighted by molar-refractivity contribution is -0.139. The minimum absolute atomic E-state index is 0.115. The molecule has 0 spiro atoms. The third-order valence-electron chi connectivity index (χ3n) is 3.08. The van der Waals surface area contributed by atoms with E-state index in [1.807, 2.05) is 26.0 Å². The molecule has 2 N–H and O–H groups in total. The minimum atomic E-state index is -0.244. The molecule has 1 aromatic rings. The van der Waals surface area contributed by atoms with Crippen molar-refractivity contribution in [1.82, 2.24) is 5.32 Å². The van der Waals surface area contributed by atoms with Crippen LogP contribution in [-0.4, -0.2) is 30.3 Å². The average molecular weight is 271 g/mol. The SMILES string of the molecule is CCC(C)(CO)NCc1ccc(CC(=O)OC)s1. The summed E-state index contributed by atoms with van der Waals surface area (Å²) in [4.78, 5) is 13.3. The molecule has 0 fully saturated rings. The molecule has 1 heterocycles. The molecule has 1 atom stereocenters. The minimum Gasteiger partial charge on any atom is -0.469 e. The van der Waals surface area contributed by atoms with Gasteiger partial charge < -0.3 is 15.2 Å². The number of carbonyl (C=O) groups excluding carboxylic acids is 1. The lowest BCUT2D eigenvalue weighted by Crippen LogP contribution is -2.44. The molecule has 0 aliphatic rings. The van der Waals surface area contributed by atoms with Crippen molar-refractivity contribution in [3.05, 3.63) is 21.9 Å². The van der Waals surface area contributed by atoms with E-state index in [-0.39, 0.29) is 18.1 Å². The first kappa shape index (κ1) is 15.1. The van der Waals surface area contributed by atoms with E-state index in [4.69, 9.17) is 0 Å². The van der Waals surface area contributed by atoms with E-state index in [9.17, 15) is 9.90 Å². The first-order valence-corrected chi connectivity index (χ1v) is 6.85. The van der Waals surface area contributed by atoms with Gasteiger partial charge >= 0.3 is 5.97 Å². The van der Waals surface area contributed by atoms with Crippen LogP contribution in [0.25, 0.3) is 0 Å². The average Bonchev–Trinajstić information content (AvgIpc) is 2.83. The zero-order valence-electron chi connectivity index (χ0n) is 11.2. The van der Waals surface area contributed by atoms with E-state index >= 15 is 0 Å². The van der Waals surface area contributed by atoms with Crippen molar-refractivity contribution in [3.8, 4) is 0 Å². The molecule has 5 heteroatoms.